The Labute approximate surface area is 189 Å². The summed E-state index contributed by atoms with van der Waals surface area (Å²) < 4.78 is 12.8. The average molecular weight is 489 g/mol. The predicted octanol–water partition coefficient (Wildman–Crippen LogP) is 3.32. The van der Waals surface area contributed by atoms with Crippen LogP contribution in [0.4, 0.5) is 0 Å². The van der Waals surface area contributed by atoms with Crippen molar-refractivity contribution in [2.45, 2.75) is 32.7 Å². The number of carbonyl (C=O) groups excluding carboxylic acids is 2. The lowest BCUT2D eigenvalue weighted by Gasteiger charge is -2.17. The number of carbonyl (C=O) groups is 2. The molecule has 1 aromatic carbocycles. The Bertz CT molecular complexity index is 1120. The van der Waals surface area contributed by atoms with Gasteiger partial charge in [0.05, 0.1) is 19.6 Å². The molecule has 2 aromatic heterocycles. The predicted molar refractivity (Wildman–Crippen MR) is 120 cm³/mol. The lowest BCUT2D eigenvalue weighted by molar-refractivity contribution is -0.145. The molecule has 3 aromatic rings. The minimum absolute atomic E-state index is 0.196. The third-order valence-corrected chi connectivity index (χ3v) is 5.79. The van der Waals surface area contributed by atoms with Crippen LogP contribution in [0.2, 0.25) is 0 Å². The van der Waals surface area contributed by atoms with Crippen molar-refractivity contribution in [3.63, 3.8) is 0 Å². The highest BCUT2D eigenvalue weighted by molar-refractivity contribution is 9.10. The van der Waals surface area contributed by atoms with E-state index in [0.29, 0.717) is 17.9 Å². The minimum atomic E-state index is -0.869. The van der Waals surface area contributed by atoms with Crippen LogP contribution in [-0.2, 0) is 27.8 Å². The molecule has 0 radical (unpaired) electrons. The second-order valence-corrected chi connectivity index (χ2v) is 8.12. The maximum atomic E-state index is 12.7. The number of amides is 1. The average Bonchev–Trinajstić information content (AvgIpc) is 3.07. The molecule has 0 bridgehead atoms. The minimum Gasteiger partial charge on any atom is -0.479 e. The molecule has 0 spiro atoms. The van der Waals surface area contributed by atoms with Gasteiger partial charge in [0.25, 0.3) is 0 Å². The number of benzene rings is 1. The maximum Gasteiger partial charge on any atom is 0.333 e. The maximum absolute atomic E-state index is 12.7. The molecule has 0 aliphatic carbocycles. The molecule has 164 valence electrons. The molecule has 31 heavy (non-hydrogen) atoms. The monoisotopic (exact) mass is 488 g/mol. The van der Waals surface area contributed by atoms with E-state index in [4.69, 9.17) is 9.47 Å². The highest BCUT2D eigenvalue weighted by atomic mass is 79.9. The second-order valence-electron chi connectivity index (χ2n) is 7.21. The molecule has 3 rings (SSSR count). The molecule has 1 atom stereocenters. The summed E-state index contributed by atoms with van der Waals surface area (Å²) in [6, 6.07) is 6.30. The van der Waals surface area contributed by atoms with E-state index >= 15 is 0 Å². The number of rotatable bonds is 7. The number of hydrogen-bond donors (Lipinski definition) is 1. The topological polar surface area (TPSA) is 95.3 Å². The number of pyridine rings is 1. The number of nitrogens with zero attached hydrogens (tertiary/aromatic N) is 3. The van der Waals surface area contributed by atoms with Crippen LogP contribution < -0.4 is 10.1 Å². The molecule has 1 unspecified atom stereocenters. The highest BCUT2D eigenvalue weighted by Crippen LogP contribution is 2.30. The summed E-state index contributed by atoms with van der Waals surface area (Å²) in [5.41, 5.74) is 4.17. The van der Waals surface area contributed by atoms with Gasteiger partial charge in [0.2, 0.25) is 11.8 Å². The van der Waals surface area contributed by atoms with Gasteiger partial charge in [0.1, 0.15) is 0 Å². The van der Waals surface area contributed by atoms with Crippen LogP contribution >= 0.6 is 15.9 Å². The van der Waals surface area contributed by atoms with Gasteiger partial charge in [0.15, 0.2) is 11.7 Å². The SMILES string of the molecule is COC(=O)C(NC(=O)CCc1c(C)nc2c(c(OC)nn2C)c1C)c1ccc(Br)cc1. The molecule has 0 aliphatic rings. The molecular weight excluding hydrogens is 464 g/mol. The second kappa shape index (κ2) is 9.47. The van der Waals surface area contributed by atoms with E-state index in [1.807, 2.05) is 33.0 Å². The number of ether oxygens (including phenoxy) is 2. The first-order valence-electron chi connectivity index (χ1n) is 9.76. The molecule has 0 saturated carbocycles. The van der Waals surface area contributed by atoms with Crippen molar-refractivity contribution in [2.75, 3.05) is 14.2 Å². The van der Waals surface area contributed by atoms with E-state index in [1.54, 1.807) is 23.9 Å². The zero-order valence-corrected chi connectivity index (χ0v) is 19.7. The van der Waals surface area contributed by atoms with Gasteiger partial charge in [-0.3, -0.25) is 4.79 Å². The van der Waals surface area contributed by atoms with Crippen LogP contribution in [0.5, 0.6) is 5.88 Å². The fourth-order valence-electron chi connectivity index (χ4n) is 3.63. The van der Waals surface area contributed by atoms with Crippen molar-refractivity contribution < 1.29 is 19.1 Å². The Morgan fingerprint density at radius 1 is 1.19 bits per heavy atom. The molecule has 1 amide bonds. The number of halogens is 1. The number of hydrogen-bond acceptors (Lipinski definition) is 6. The Morgan fingerprint density at radius 2 is 1.87 bits per heavy atom. The van der Waals surface area contributed by atoms with Crippen molar-refractivity contribution in [1.29, 1.82) is 0 Å². The first-order chi connectivity index (χ1) is 14.8. The van der Waals surface area contributed by atoms with Crippen LogP contribution in [-0.4, -0.2) is 40.9 Å². The number of methoxy groups -OCH3 is 2. The summed E-state index contributed by atoms with van der Waals surface area (Å²) in [6.07, 6.45) is 0.667. The van der Waals surface area contributed by atoms with E-state index < -0.39 is 12.0 Å². The van der Waals surface area contributed by atoms with E-state index in [2.05, 4.69) is 31.3 Å². The smallest absolute Gasteiger partial charge is 0.333 e. The zero-order valence-electron chi connectivity index (χ0n) is 18.2. The van der Waals surface area contributed by atoms with Crippen molar-refractivity contribution in [3.05, 3.63) is 51.1 Å². The number of nitrogens with one attached hydrogen (secondary N) is 1. The standard InChI is InChI=1S/C22H25BrN4O4/c1-12-16(13(2)24-20-18(12)21(30-4)26-27(20)3)10-11-17(28)25-19(22(29)31-5)14-6-8-15(23)9-7-14/h6-9,19H,10-11H2,1-5H3,(H,25,28). The van der Waals surface area contributed by atoms with Gasteiger partial charge in [0, 0.05) is 23.6 Å². The van der Waals surface area contributed by atoms with Crippen molar-refractivity contribution in [3.8, 4) is 5.88 Å². The van der Waals surface area contributed by atoms with Gasteiger partial charge in [-0.15, -0.1) is 5.10 Å². The summed E-state index contributed by atoms with van der Waals surface area (Å²) in [5, 5.41) is 7.98. The number of aromatic nitrogens is 3. The lowest BCUT2D eigenvalue weighted by Crippen LogP contribution is -2.34. The van der Waals surface area contributed by atoms with Gasteiger partial charge in [-0.2, -0.15) is 0 Å². The first kappa shape index (κ1) is 22.7. The Balaban J connectivity index is 1.80. The van der Waals surface area contributed by atoms with Crippen molar-refractivity contribution in [2.24, 2.45) is 7.05 Å². The molecule has 0 fully saturated rings. The van der Waals surface area contributed by atoms with E-state index in [-0.39, 0.29) is 12.3 Å². The van der Waals surface area contributed by atoms with Crippen molar-refractivity contribution in [1.82, 2.24) is 20.1 Å². The Morgan fingerprint density at radius 3 is 2.48 bits per heavy atom. The number of esters is 1. The molecule has 1 N–H and O–H groups in total. The summed E-state index contributed by atoms with van der Waals surface area (Å²) in [7, 11) is 4.69. The number of fused-ring (bicyclic) bond motifs is 1. The largest absolute Gasteiger partial charge is 0.479 e. The van der Waals surface area contributed by atoms with Gasteiger partial charge in [-0.25, -0.2) is 14.5 Å². The molecule has 0 aliphatic heterocycles. The van der Waals surface area contributed by atoms with Gasteiger partial charge >= 0.3 is 5.97 Å². The summed E-state index contributed by atoms with van der Waals surface area (Å²) in [6.45, 7) is 3.89. The van der Waals surface area contributed by atoms with E-state index in [1.165, 1.54) is 7.11 Å². The highest BCUT2D eigenvalue weighted by Gasteiger charge is 2.24. The molecule has 9 heteroatoms. The van der Waals surface area contributed by atoms with Gasteiger partial charge in [-0.1, -0.05) is 28.1 Å². The zero-order chi connectivity index (χ0) is 22.7. The van der Waals surface area contributed by atoms with Crippen molar-refractivity contribution >= 4 is 38.8 Å². The Kier molecular flexibility index (Phi) is 6.94. The van der Waals surface area contributed by atoms with Gasteiger partial charge < -0.3 is 14.8 Å². The lowest BCUT2D eigenvalue weighted by atomic mass is 9.99. The van der Waals surface area contributed by atoms with Crippen LogP contribution in [0.15, 0.2) is 28.7 Å². The molecular formula is C22H25BrN4O4. The van der Waals surface area contributed by atoms with Gasteiger partial charge in [-0.05, 0) is 49.1 Å². The third kappa shape index (κ3) is 4.71. The fraction of sp³-hybridized carbons (Fsp3) is 0.364. The molecule has 8 nitrogen and oxygen atoms in total. The molecule has 2 heterocycles. The quantitative estimate of drug-likeness (QED) is 0.512. The summed E-state index contributed by atoms with van der Waals surface area (Å²) >= 11 is 3.37. The van der Waals surface area contributed by atoms with Crippen LogP contribution in [0.1, 0.15) is 34.8 Å². The fourth-order valence-corrected chi connectivity index (χ4v) is 3.89. The molecule has 0 saturated heterocycles. The normalized spacial score (nSPS) is 11.9. The Hall–Kier alpha value is -2.94. The number of aryl methyl sites for hydroxylation is 3. The third-order valence-electron chi connectivity index (χ3n) is 5.26. The summed E-state index contributed by atoms with van der Waals surface area (Å²) in [5.74, 6) is -0.268. The van der Waals surface area contributed by atoms with E-state index in [0.717, 1.165) is 32.3 Å². The van der Waals surface area contributed by atoms with Crippen LogP contribution in [0, 0.1) is 13.8 Å². The van der Waals surface area contributed by atoms with Crippen LogP contribution in [0.3, 0.4) is 0 Å². The first-order valence-corrected chi connectivity index (χ1v) is 10.6. The summed E-state index contributed by atoms with van der Waals surface area (Å²) in [4.78, 5) is 29.6. The van der Waals surface area contributed by atoms with Crippen LogP contribution in [0.25, 0.3) is 11.0 Å². The van der Waals surface area contributed by atoms with E-state index in [9.17, 15) is 9.59 Å².